The van der Waals surface area contributed by atoms with Crippen LogP contribution in [0.4, 0.5) is 0 Å². The first kappa shape index (κ1) is 12.7. The van der Waals surface area contributed by atoms with E-state index >= 15 is 0 Å². The van der Waals surface area contributed by atoms with Gasteiger partial charge in [-0.05, 0) is 13.5 Å². The van der Waals surface area contributed by atoms with Gasteiger partial charge in [-0.2, -0.15) is 0 Å². The van der Waals surface area contributed by atoms with Crippen molar-refractivity contribution >= 4 is 22.8 Å². The summed E-state index contributed by atoms with van der Waals surface area (Å²) in [4.78, 5) is 20.5. The maximum Gasteiger partial charge on any atom is 0.233 e. The summed E-state index contributed by atoms with van der Waals surface area (Å²) in [5.41, 5.74) is 0. The zero-order valence-corrected chi connectivity index (χ0v) is 11.1. The molecular weight excluding hydrogens is 236 g/mol. The Morgan fingerprint density at radius 2 is 2.18 bits per heavy atom. The third kappa shape index (κ3) is 3.89. The lowest BCUT2D eigenvalue weighted by molar-refractivity contribution is -0.129. The van der Waals surface area contributed by atoms with Crippen molar-refractivity contribution in [3.8, 4) is 0 Å². The number of likely N-dealkylation sites (N-methyl/N-ethyl adjacent to an activating group) is 1. The van der Waals surface area contributed by atoms with E-state index in [9.17, 15) is 4.79 Å². The monoisotopic (exact) mass is 256 g/mol. The Morgan fingerprint density at radius 3 is 2.82 bits per heavy atom. The average Bonchev–Trinajstić information content (AvgIpc) is 2.38. The quantitative estimate of drug-likeness (QED) is 0.746. The summed E-state index contributed by atoms with van der Waals surface area (Å²) >= 11 is 1.53. The minimum atomic E-state index is 0.234. The Morgan fingerprint density at radius 1 is 1.41 bits per heavy atom. The molecule has 1 N–H and O–H groups in total. The van der Waals surface area contributed by atoms with Crippen molar-refractivity contribution in [2.24, 2.45) is 4.99 Å². The van der Waals surface area contributed by atoms with Gasteiger partial charge in [0.15, 0.2) is 5.17 Å². The zero-order valence-electron chi connectivity index (χ0n) is 10.3. The molecule has 0 bridgehead atoms. The molecule has 2 aliphatic rings. The summed E-state index contributed by atoms with van der Waals surface area (Å²) in [5.74, 6) is 0.744. The number of nitrogens with one attached hydrogen (secondary N) is 1. The first-order valence-electron chi connectivity index (χ1n) is 6.13. The van der Waals surface area contributed by atoms with Gasteiger partial charge in [0.05, 0.1) is 5.75 Å². The van der Waals surface area contributed by atoms with Gasteiger partial charge in [0.25, 0.3) is 0 Å². The smallest absolute Gasteiger partial charge is 0.233 e. The van der Waals surface area contributed by atoms with E-state index in [4.69, 9.17) is 0 Å². The van der Waals surface area contributed by atoms with Gasteiger partial charge in [0.2, 0.25) is 5.91 Å². The van der Waals surface area contributed by atoms with Gasteiger partial charge in [0.1, 0.15) is 0 Å². The van der Waals surface area contributed by atoms with Crippen molar-refractivity contribution in [1.82, 2.24) is 15.1 Å². The molecule has 1 amide bonds. The summed E-state index contributed by atoms with van der Waals surface area (Å²) < 4.78 is 0. The molecule has 0 saturated carbocycles. The Balaban J connectivity index is 1.71. The molecule has 0 atom stereocenters. The van der Waals surface area contributed by atoms with E-state index in [-0.39, 0.29) is 5.91 Å². The van der Waals surface area contributed by atoms with E-state index in [0.29, 0.717) is 5.75 Å². The van der Waals surface area contributed by atoms with Crippen molar-refractivity contribution in [2.45, 2.75) is 6.42 Å². The lowest BCUT2D eigenvalue weighted by Gasteiger charge is -2.32. The fourth-order valence-corrected chi connectivity index (χ4v) is 2.71. The Kier molecular flexibility index (Phi) is 4.67. The molecule has 0 aliphatic carbocycles. The second kappa shape index (κ2) is 6.26. The van der Waals surface area contributed by atoms with Crippen molar-refractivity contribution in [3.05, 3.63) is 0 Å². The molecule has 17 heavy (non-hydrogen) atoms. The summed E-state index contributed by atoms with van der Waals surface area (Å²) in [6.45, 7) is 5.55. The standard InChI is InChI=1S/C11H20N4OS/c1-14-5-7-15(8-6-14)10(16)9-17-11-12-3-2-4-13-11/h2-9H2,1H3,(H,12,13). The normalized spacial score (nSPS) is 21.9. The number of thioether (sulfide) groups is 1. The number of carbonyl (C=O) groups excluding carboxylic acids is 1. The van der Waals surface area contributed by atoms with Gasteiger partial charge in [0, 0.05) is 39.3 Å². The molecule has 6 heteroatoms. The largest absolute Gasteiger partial charge is 0.365 e. The van der Waals surface area contributed by atoms with E-state index in [1.165, 1.54) is 11.8 Å². The topological polar surface area (TPSA) is 47.9 Å². The number of hydrogen-bond acceptors (Lipinski definition) is 5. The zero-order chi connectivity index (χ0) is 12.1. The number of carbonyl (C=O) groups is 1. The second-order valence-corrected chi connectivity index (χ2v) is 5.40. The molecular formula is C11H20N4OS. The first-order valence-corrected chi connectivity index (χ1v) is 7.12. The van der Waals surface area contributed by atoms with Crippen LogP contribution >= 0.6 is 11.8 Å². The SMILES string of the molecule is CN1CCN(C(=O)CSC2=NCCCN2)CC1. The van der Waals surface area contributed by atoms with Gasteiger partial charge in [-0.3, -0.25) is 9.79 Å². The molecule has 1 fully saturated rings. The molecule has 1 saturated heterocycles. The summed E-state index contributed by atoms with van der Waals surface area (Å²) in [6.07, 6.45) is 1.09. The molecule has 0 radical (unpaired) electrons. The number of aliphatic imine (C=N–C) groups is 1. The van der Waals surface area contributed by atoms with Crippen LogP contribution in [0.5, 0.6) is 0 Å². The maximum atomic E-state index is 12.0. The van der Waals surface area contributed by atoms with Gasteiger partial charge in [-0.15, -0.1) is 0 Å². The Labute approximate surface area is 107 Å². The fraction of sp³-hybridized carbons (Fsp3) is 0.818. The van der Waals surface area contributed by atoms with Crippen LogP contribution < -0.4 is 5.32 Å². The fourth-order valence-electron chi connectivity index (χ4n) is 1.88. The van der Waals surface area contributed by atoms with Crippen LogP contribution in [0.25, 0.3) is 0 Å². The van der Waals surface area contributed by atoms with Crippen LogP contribution in [0.2, 0.25) is 0 Å². The average molecular weight is 256 g/mol. The minimum absolute atomic E-state index is 0.234. The molecule has 2 rings (SSSR count). The Hall–Kier alpha value is -0.750. The number of nitrogens with zero attached hydrogens (tertiary/aromatic N) is 3. The highest BCUT2D eigenvalue weighted by atomic mass is 32.2. The van der Waals surface area contributed by atoms with Crippen LogP contribution in [-0.2, 0) is 4.79 Å². The highest BCUT2D eigenvalue weighted by Crippen LogP contribution is 2.08. The Bertz CT molecular complexity index is 300. The predicted molar refractivity (Wildman–Crippen MR) is 71.5 cm³/mol. The molecule has 0 aromatic heterocycles. The number of hydrogen-bond donors (Lipinski definition) is 1. The first-order chi connectivity index (χ1) is 8.25. The van der Waals surface area contributed by atoms with Crippen LogP contribution in [-0.4, -0.2) is 72.9 Å². The van der Waals surface area contributed by atoms with Crippen molar-refractivity contribution in [1.29, 1.82) is 0 Å². The van der Waals surface area contributed by atoms with Gasteiger partial charge in [-0.25, -0.2) is 0 Å². The maximum absolute atomic E-state index is 12.0. The highest BCUT2D eigenvalue weighted by Gasteiger charge is 2.19. The third-order valence-electron chi connectivity index (χ3n) is 3.05. The van der Waals surface area contributed by atoms with E-state index in [2.05, 4.69) is 22.3 Å². The molecule has 96 valence electrons. The van der Waals surface area contributed by atoms with Crippen LogP contribution in [0.3, 0.4) is 0 Å². The van der Waals surface area contributed by atoms with Gasteiger partial charge >= 0.3 is 0 Å². The summed E-state index contributed by atoms with van der Waals surface area (Å²) in [6, 6.07) is 0. The summed E-state index contributed by atoms with van der Waals surface area (Å²) in [5, 5.41) is 4.15. The van der Waals surface area contributed by atoms with Gasteiger partial charge < -0.3 is 15.1 Å². The second-order valence-electron chi connectivity index (χ2n) is 4.44. The van der Waals surface area contributed by atoms with E-state index in [0.717, 1.165) is 50.9 Å². The van der Waals surface area contributed by atoms with Crippen molar-refractivity contribution in [2.75, 3.05) is 52.1 Å². The van der Waals surface area contributed by atoms with Crippen LogP contribution in [0.15, 0.2) is 4.99 Å². The molecule has 2 aliphatic heterocycles. The molecule has 0 unspecified atom stereocenters. The predicted octanol–water partition coefficient (Wildman–Crippen LogP) is -0.157. The third-order valence-corrected chi connectivity index (χ3v) is 3.99. The summed E-state index contributed by atoms with van der Waals surface area (Å²) in [7, 11) is 2.09. The van der Waals surface area contributed by atoms with E-state index in [1.807, 2.05) is 4.90 Å². The van der Waals surface area contributed by atoms with Crippen molar-refractivity contribution < 1.29 is 4.79 Å². The van der Waals surface area contributed by atoms with Gasteiger partial charge in [-0.1, -0.05) is 11.8 Å². The number of piperazine rings is 1. The van der Waals surface area contributed by atoms with E-state index in [1.54, 1.807) is 0 Å². The molecule has 0 aromatic carbocycles. The van der Waals surface area contributed by atoms with Crippen LogP contribution in [0.1, 0.15) is 6.42 Å². The van der Waals surface area contributed by atoms with Crippen molar-refractivity contribution in [3.63, 3.8) is 0 Å². The molecule has 2 heterocycles. The van der Waals surface area contributed by atoms with Crippen LogP contribution in [0, 0.1) is 0 Å². The number of amidine groups is 1. The molecule has 5 nitrogen and oxygen atoms in total. The lowest BCUT2D eigenvalue weighted by atomic mass is 10.3. The number of rotatable bonds is 2. The molecule has 0 aromatic rings. The lowest BCUT2D eigenvalue weighted by Crippen LogP contribution is -2.47. The van der Waals surface area contributed by atoms with E-state index < -0.39 is 0 Å². The molecule has 0 spiro atoms. The number of amides is 1. The highest BCUT2D eigenvalue weighted by molar-refractivity contribution is 8.14. The minimum Gasteiger partial charge on any atom is -0.365 e.